The number of urea groups is 1. The van der Waals surface area contributed by atoms with E-state index < -0.39 is 29.8 Å². The van der Waals surface area contributed by atoms with Crippen LogP contribution in [-0.4, -0.2) is 42.1 Å². The normalized spacial score (nSPS) is 24.7. The summed E-state index contributed by atoms with van der Waals surface area (Å²) in [6, 6.07) is 2.15. The fourth-order valence-electron chi connectivity index (χ4n) is 1.76. The van der Waals surface area contributed by atoms with Gasteiger partial charge in [-0.1, -0.05) is 5.16 Å². The van der Waals surface area contributed by atoms with Gasteiger partial charge in [0.2, 0.25) is 0 Å². The topological polar surface area (TPSA) is 119 Å². The number of hydrogen-bond donors (Lipinski definition) is 2. The van der Waals surface area contributed by atoms with Crippen molar-refractivity contribution in [2.45, 2.75) is 25.7 Å². The Morgan fingerprint density at radius 1 is 1.52 bits per heavy atom. The second kappa shape index (κ2) is 6.46. The van der Waals surface area contributed by atoms with Gasteiger partial charge in [0.1, 0.15) is 5.71 Å². The highest BCUT2D eigenvalue weighted by atomic mass is 19.1. The Morgan fingerprint density at radius 2 is 2.26 bits per heavy atom. The molecule has 0 saturated carbocycles. The number of esters is 1. The Balaban J connectivity index is 2.24. The molecule has 0 aromatic carbocycles. The summed E-state index contributed by atoms with van der Waals surface area (Å²) < 4.78 is 24.4. The molecule has 0 bridgehead atoms. The molecule has 1 fully saturated rings. The molecule has 2 N–H and O–H groups in total. The van der Waals surface area contributed by atoms with Crippen LogP contribution < -0.4 is 10.6 Å². The predicted molar refractivity (Wildman–Crippen MR) is 72.9 cm³/mol. The van der Waals surface area contributed by atoms with Gasteiger partial charge in [-0.05, 0) is 26.0 Å². The summed E-state index contributed by atoms with van der Waals surface area (Å²) >= 11 is 0. The van der Waals surface area contributed by atoms with Crippen molar-refractivity contribution in [1.82, 2.24) is 10.6 Å². The average molecular weight is 327 g/mol. The van der Waals surface area contributed by atoms with Crippen LogP contribution in [0.2, 0.25) is 0 Å². The second-order valence-electron chi connectivity index (χ2n) is 4.50. The predicted octanol–water partition coefficient (Wildman–Crippen LogP) is 0.457. The van der Waals surface area contributed by atoms with Crippen LogP contribution >= 0.6 is 0 Å². The zero-order chi connectivity index (χ0) is 17.0. The highest BCUT2D eigenvalue weighted by molar-refractivity contribution is 6.14. The van der Waals surface area contributed by atoms with E-state index in [0.717, 1.165) is 0 Å². The number of imide groups is 1. The molecule has 1 aromatic heterocycles. The lowest BCUT2D eigenvalue weighted by atomic mass is 10.0. The number of halogens is 1. The molecule has 124 valence electrons. The maximum absolute atomic E-state index is 14.9. The lowest BCUT2D eigenvalue weighted by Crippen LogP contribution is -2.70. The number of amides is 3. The van der Waals surface area contributed by atoms with Crippen LogP contribution in [0, 0.1) is 0 Å². The minimum atomic E-state index is -3.27. The fraction of sp³-hybridized carbons (Fsp3) is 0.385. The lowest BCUT2D eigenvalue weighted by Gasteiger charge is -2.32. The highest BCUT2D eigenvalue weighted by Crippen LogP contribution is 2.24. The quantitative estimate of drug-likeness (QED) is 0.351. The molecule has 2 rings (SSSR count). The Labute approximate surface area is 129 Å². The first-order chi connectivity index (χ1) is 10.9. The van der Waals surface area contributed by atoms with E-state index in [0.29, 0.717) is 5.76 Å². The van der Waals surface area contributed by atoms with Crippen LogP contribution in [0.3, 0.4) is 0 Å². The summed E-state index contributed by atoms with van der Waals surface area (Å²) in [7, 11) is 0. The number of alkyl halides is 1. The number of rotatable bonds is 5. The van der Waals surface area contributed by atoms with Crippen molar-refractivity contribution in [3.8, 4) is 0 Å². The molecular weight excluding hydrogens is 313 g/mol. The van der Waals surface area contributed by atoms with Crippen LogP contribution in [0.4, 0.5) is 9.18 Å². The maximum Gasteiger partial charge on any atom is 0.360 e. The molecule has 1 aliphatic heterocycles. The number of nitrogens with zero attached hydrogens (tertiary/aromatic N) is 1. The van der Waals surface area contributed by atoms with E-state index in [1.807, 2.05) is 5.32 Å². The van der Waals surface area contributed by atoms with Crippen molar-refractivity contribution in [3.63, 3.8) is 0 Å². The summed E-state index contributed by atoms with van der Waals surface area (Å²) in [6.07, 6.45) is -0.588. The van der Waals surface area contributed by atoms with E-state index >= 15 is 0 Å². The van der Waals surface area contributed by atoms with E-state index in [1.54, 1.807) is 17.4 Å². The van der Waals surface area contributed by atoms with Gasteiger partial charge in [0.05, 0.1) is 12.9 Å². The van der Waals surface area contributed by atoms with Gasteiger partial charge < -0.3 is 14.0 Å². The number of nitrogens with one attached hydrogen (secondary N) is 2. The van der Waals surface area contributed by atoms with Crippen LogP contribution in [-0.2, 0) is 19.2 Å². The summed E-state index contributed by atoms with van der Waals surface area (Å²) in [5.74, 6) is -2.65. The van der Waals surface area contributed by atoms with Gasteiger partial charge in [-0.3, -0.25) is 15.4 Å². The molecule has 1 saturated heterocycles. The molecular formula is C13H14FN3O6. The van der Waals surface area contributed by atoms with Gasteiger partial charge in [-0.15, -0.1) is 0 Å². The Kier molecular flexibility index (Phi) is 4.63. The van der Waals surface area contributed by atoms with E-state index in [9.17, 15) is 18.8 Å². The van der Waals surface area contributed by atoms with Crippen molar-refractivity contribution in [3.05, 3.63) is 24.2 Å². The molecule has 2 heterocycles. The maximum atomic E-state index is 14.9. The zero-order valence-corrected chi connectivity index (χ0v) is 12.3. The highest BCUT2D eigenvalue weighted by Gasteiger charge is 2.61. The average Bonchev–Trinajstić information content (AvgIpc) is 3.03. The van der Waals surface area contributed by atoms with Gasteiger partial charge in [0, 0.05) is 0 Å². The molecule has 0 radical (unpaired) electrons. The molecule has 3 amide bonds. The lowest BCUT2D eigenvalue weighted by molar-refractivity contribution is -0.179. The van der Waals surface area contributed by atoms with Gasteiger partial charge in [-0.25, -0.2) is 14.0 Å². The number of hydrogen-bond acceptors (Lipinski definition) is 7. The molecule has 2 atom stereocenters. The van der Waals surface area contributed by atoms with Crippen molar-refractivity contribution in [2.75, 3.05) is 6.61 Å². The zero-order valence-electron chi connectivity index (χ0n) is 12.3. The Bertz CT molecular complexity index is 644. The summed E-state index contributed by atoms with van der Waals surface area (Å²) in [6.45, 7) is 2.77. The van der Waals surface area contributed by atoms with E-state index in [1.165, 1.54) is 20.1 Å². The monoisotopic (exact) mass is 327 g/mol. The van der Waals surface area contributed by atoms with Gasteiger partial charge in [0.25, 0.3) is 12.1 Å². The smallest absolute Gasteiger partial charge is 0.360 e. The molecule has 10 heteroatoms. The number of furan rings is 1. The van der Waals surface area contributed by atoms with Gasteiger partial charge in [0.15, 0.2) is 5.76 Å². The molecule has 1 aliphatic rings. The summed E-state index contributed by atoms with van der Waals surface area (Å²) in [5.41, 5.74) is -3.06. The first kappa shape index (κ1) is 16.5. The van der Waals surface area contributed by atoms with Crippen LogP contribution in [0.1, 0.15) is 19.6 Å². The van der Waals surface area contributed by atoms with Crippen LogP contribution in [0.25, 0.3) is 0 Å². The molecule has 0 aliphatic carbocycles. The summed E-state index contributed by atoms with van der Waals surface area (Å²) in [5, 5.41) is 7.19. The van der Waals surface area contributed by atoms with Crippen LogP contribution in [0.5, 0.6) is 0 Å². The van der Waals surface area contributed by atoms with Gasteiger partial charge in [-0.2, -0.15) is 0 Å². The number of carbonyl (C=O) groups is 3. The number of oxime groups is 1. The second-order valence-corrected chi connectivity index (χ2v) is 4.50. The third kappa shape index (κ3) is 3.15. The van der Waals surface area contributed by atoms with Gasteiger partial charge >= 0.3 is 17.7 Å². The van der Waals surface area contributed by atoms with E-state index in [4.69, 9.17) is 9.25 Å². The minimum Gasteiger partial charge on any atom is -0.463 e. The molecule has 23 heavy (non-hydrogen) atoms. The third-order valence-corrected chi connectivity index (χ3v) is 2.93. The molecule has 9 nitrogen and oxygen atoms in total. The third-order valence-electron chi connectivity index (χ3n) is 2.93. The fourth-order valence-corrected chi connectivity index (χ4v) is 1.76. The first-order valence-corrected chi connectivity index (χ1v) is 6.62. The SMILES string of the molecule is CCOC(=O)C1(F)C(=O)NC(=O)NC1O/N=C(/C)c1ccco1. The minimum absolute atomic E-state index is 0.160. The van der Waals surface area contributed by atoms with E-state index in [2.05, 4.69) is 9.89 Å². The van der Waals surface area contributed by atoms with Crippen molar-refractivity contribution in [1.29, 1.82) is 0 Å². The van der Waals surface area contributed by atoms with Crippen molar-refractivity contribution < 1.29 is 32.8 Å². The van der Waals surface area contributed by atoms with Crippen molar-refractivity contribution in [2.24, 2.45) is 5.16 Å². The molecule has 1 aromatic rings. The Morgan fingerprint density at radius 3 is 2.87 bits per heavy atom. The number of ether oxygens (including phenoxy) is 1. The first-order valence-electron chi connectivity index (χ1n) is 6.62. The van der Waals surface area contributed by atoms with Crippen LogP contribution in [0.15, 0.2) is 28.0 Å². The molecule has 0 spiro atoms. The Hall–Kier alpha value is -2.91. The molecule has 2 unspecified atom stereocenters. The largest absolute Gasteiger partial charge is 0.463 e. The number of carbonyl (C=O) groups excluding carboxylic acids is 3. The van der Waals surface area contributed by atoms with E-state index in [-0.39, 0.29) is 12.3 Å². The standard InChI is InChI=1S/C13H14FN3O6/c1-3-21-11(19)13(14)9(18)15-12(20)16-10(13)23-17-7(2)8-5-4-6-22-8/h4-6,10H,3H2,1-2H3,(H2,15,16,18,20)/b17-7-. The van der Waals surface area contributed by atoms with Crippen molar-refractivity contribution >= 4 is 23.6 Å². The summed E-state index contributed by atoms with van der Waals surface area (Å²) in [4.78, 5) is 39.7.